The van der Waals surface area contributed by atoms with Gasteiger partial charge in [-0.05, 0) is 43.4 Å². The summed E-state index contributed by atoms with van der Waals surface area (Å²) in [5.41, 5.74) is 7.93. The van der Waals surface area contributed by atoms with Gasteiger partial charge in [0.25, 0.3) is 0 Å². The zero-order chi connectivity index (χ0) is 14.1. The van der Waals surface area contributed by atoms with Crippen molar-refractivity contribution in [2.75, 3.05) is 13.1 Å². The number of carbonyl (C=O) groups is 1. The molecule has 0 bridgehead atoms. The number of rotatable bonds is 2. The number of nitrogens with one attached hydrogen (secondary N) is 1. The van der Waals surface area contributed by atoms with Gasteiger partial charge in [0.2, 0.25) is 5.91 Å². The number of nitrogens with zero attached hydrogens (tertiary/aromatic N) is 2. The molecule has 2 aromatic rings. The Bertz CT molecular complexity index is 621. The first-order chi connectivity index (χ1) is 9.66. The van der Waals surface area contributed by atoms with Crippen LogP contribution in [-0.2, 0) is 4.79 Å². The zero-order valence-corrected chi connectivity index (χ0v) is 14.1. The number of amides is 1. The molecule has 2 aromatic heterocycles. The molecule has 122 valence electrons. The number of H-pyrrole nitrogens is 1. The molecule has 0 unspecified atom stereocenters. The van der Waals surface area contributed by atoms with Crippen LogP contribution in [0.4, 0.5) is 0 Å². The lowest BCUT2D eigenvalue weighted by atomic mass is 9.89. The fraction of sp³-hybridized carbons (Fsp3) is 0.467. The molecule has 22 heavy (non-hydrogen) atoms. The lowest BCUT2D eigenvalue weighted by Crippen LogP contribution is -2.45. The molecule has 0 saturated carbocycles. The smallest absolute Gasteiger partial charge is 0.239 e. The molecule has 0 radical (unpaired) electrons. The number of piperidine rings is 1. The Morgan fingerprint density at radius 3 is 2.73 bits per heavy atom. The van der Waals surface area contributed by atoms with Crippen molar-refractivity contribution in [1.82, 2.24) is 14.9 Å². The second kappa shape index (κ2) is 7.81. The number of aromatic nitrogens is 2. The second-order valence-electron chi connectivity index (χ2n) is 5.53. The van der Waals surface area contributed by atoms with Crippen LogP contribution >= 0.6 is 24.8 Å². The molecule has 0 aliphatic carbocycles. The summed E-state index contributed by atoms with van der Waals surface area (Å²) in [4.78, 5) is 21.3. The first-order valence-corrected chi connectivity index (χ1v) is 7.13. The number of aromatic amines is 1. The highest BCUT2D eigenvalue weighted by atomic mass is 35.5. The Morgan fingerprint density at radius 2 is 2.09 bits per heavy atom. The van der Waals surface area contributed by atoms with Crippen molar-refractivity contribution in [2.45, 2.75) is 31.7 Å². The highest BCUT2D eigenvalue weighted by Crippen LogP contribution is 2.32. The van der Waals surface area contributed by atoms with E-state index in [9.17, 15) is 4.79 Å². The molecule has 5 nitrogen and oxygen atoms in total. The number of nitrogens with two attached hydrogens (primary N) is 1. The monoisotopic (exact) mass is 344 g/mol. The van der Waals surface area contributed by atoms with E-state index in [0.29, 0.717) is 5.92 Å². The van der Waals surface area contributed by atoms with Gasteiger partial charge >= 0.3 is 0 Å². The number of halogens is 2. The van der Waals surface area contributed by atoms with Crippen LogP contribution in [0.3, 0.4) is 0 Å². The Morgan fingerprint density at radius 1 is 1.41 bits per heavy atom. The van der Waals surface area contributed by atoms with Crippen molar-refractivity contribution < 1.29 is 4.79 Å². The van der Waals surface area contributed by atoms with Gasteiger partial charge in [-0.15, -0.1) is 24.8 Å². The summed E-state index contributed by atoms with van der Waals surface area (Å²) in [6, 6.07) is 3.67. The fourth-order valence-electron chi connectivity index (χ4n) is 3.01. The molecule has 1 fully saturated rings. The minimum atomic E-state index is -0.399. The summed E-state index contributed by atoms with van der Waals surface area (Å²) >= 11 is 0. The topological polar surface area (TPSA) is 75.0 Å². The van der Waals surface area contributed by atoms with E-state index in [-0.39, 0.29) is 30.7 Å². The highest BCUT2D eigenvalue weighted by Gasteiger charge is 2.26. The van der Waals surface area contributed by atoms with Crippen LogP contribution in [0.5, 0.6) is 0 Å². The number of hydrogen-bond acceptors (Lipinski definition) is 3. The summed E-state index contributed by atoms with van der Waals surface area (Å²) in [6.07, 6.45) is 5.83. The average molecular weight is 345 g/mol. The van der Waals surface area contributed by atoms with Crippen LogP contribution in [0.25, 0.3) is 11.0 Å². The lowest BCUT2D eigenvalue weighted by Gasteiger charge is -2.33. The Balaban J connectivity index is 0.00000121. The SMILES string of the molecule is C[C@@H](N)C(=O)N1CCC(c2c[nH]c3ncccc23)CC1.Cl.Cl. The first-order valence-electron chi connectivity index (χ1n) is 7.13. The molecule has 7 heteroatoms. The Kier molecular flexibility index (Phi) is 6.66. The Labute approximate surface area is 142 Å². The molecule has 3 heterocycles. The quantitative estimate of drug-likeness (QED) is 0.878. The molecule has 1 atom stereocenters. The first kappa shape index (κ1) is 18.7. The van der Waals surface area contributed by atoms with Crippen LogP contribution < -0.4 is 5.73 Å². The van der Waals surface area contributed by atoms with Crippen LogP contribution in [-0.4, -0.2) is 39.9 Å². The Hall–Kier alpha value is -1.30. The maximum Gasteiger partial charge on any atom is 0.239 e. The molecule has 1 saturated heterocycles. The van der Waals surface area contributed by atoms with Crippen molar-refractivity contribution in [1.29, 1.82) is 0 Å². The van der Waals surface area contributed by atoms with Crippen LogP contribution in [0, 0.1) is 0 Å². The van der Waals surface area contributed by atoms with Crippen LogP contribution in [0.1, 0.15) is 31.2 Å². The van der Waals surface area contributed by atoms with Crippen molar-refractivity contribution in [3.05, 3.63) is 30.1 Å². The van der Waals surface area contributed by atoms with Gasteiger partial charge in [-0.3, -0.25) is 4.79 Å². The van der Waals surface area contributed by atoms with Crippen LogP contribution in [0.2, 0.25) is 0 Å². The van der Waals surface area contributed by atoms with Gasteiger partial charge in [0.1, 0.15) is 5.65 Å². The van der Waals surface area contributed by atoms with E-state index in [2.05, 4.69) is 22.2 Å². The molecule has 3 rings (SSSR count). The number of carbonyl (C=O) groups excluding carboxylic acids is 1. The summed E-state index contributed by atoms with van der Waals surface area (Å²) in [7, 11) is 0. The molecular formula is C15H22Cl2N4O. The number of likely N-dealkylation sites (tertiary alicyclic amines) is 1. The maximum atomic E-state index is 11.9. The molecule has 3 N–H and O–H groups in total. The molecule has 1 aliphatic rings. The average Bonchev–Trinajstić information content (AvgIpc) is 2.90. The molecule has 0 spiro atoms. The van der Waals surface area contributed by atoms with E-state index in [1.807, 2.05) is 11.0 Å². The molecule has 1 amide bonds. The van der Waals surface area contributed by atoms with Gasteiger partial charge in [-0.25, -0.2) is 4.98 Å². The predicted octanol–water partition coefficient (Wildman–Crippen LogP) is 2.46. The minimum Gasteiger partial charge on any atom is -0.346 e. The normalized spacial score (nSPS) is 16.7. The van der Waals surface area contributed by atoms with Gasteiger partial charge in [0.15, 0.2) is 0 Å². The van der Waals surface area contributed by atoms with Crippen molar-refractivity contribution in [3.8, 4) is 0 Å². The lowest BCUT2D eigenvalue weighted by molar-refractivity contribution is -0.133. The van der Waals surface area contributed by atoms with Crippen molar-refractivity contribution >= 4 is 41.8 Å². The number of fused-ring (bicyclic) bond motifs is 1. The van der Waals surface area contributed by atoms with E-state index >= 15 is 0 Å². The molecule has 0 aromatic carbocycles. The zero-order valence-electron chi connectivity index (χ0n) is 12.5. The summed E-state index contributed by atoms with van der Waals surface area (Å²) < 4.78 is 0. The third-order valence-corrected chi connectivity index (χ3v) is 4.12. The van der Waals surface area contributed by atoms with E-state index < -0.39 is 6.04 Å². The van der Waals surface area contributed by atoms with E-state index in [0.717, 1.165) is 31.6 Å². The largest absolute Gasteiger partial charge is 0.346 e. The van der Waals surface area contributed by atoms with E-state index in [4.69, 9.17) is 5.73 Å². The van der Waals surface area contributed by atoms with Crippen molar-refractivity contribution in [3.63, 3.8) is 0 Å². The summed E-state index contributed by atoms with van der Waals surface area (Å²) in [6.45, 7) is 3.33. The van der Waals surface area contributed by atoms with Crippen LogP contribution in [0.15, 0.2) is 24.5 Å². The van der Waals surface area contributed by atoms with Crippen molar-refractivity contribution in [2.24, 2.45) is 5.73 Å². The van der Waals surface area contributed by atoms with Gasteiger partial charge in [-0.2, -0.15) is 0 Å². The minimum absolute atomic E-state index is 0. The van der Waals surface area contributed by atoms with Gasteiger partial charge in [-0.1, -0.05) is 0 Å². The van der Waals surface area contributed by atoms with Gasteiger partial charge in [0.05, 0.1) is 6.04 Å². The second-order valence-corrected chi connectivity index (χ2v) is 5.53. The highest BCUT2D eigenvalue weighted by molar-refractivity contribution is 5.85. The number of pyridine rings is 1. The third kappa shape index (κ3) is 3.54. The third-order valence-electron chi connectivity index (χ3n) is 4.12. The van der Waals surface area contributed by atoms with Gasteiger partial charge in [0, 0.05) is 30.9 Å². The van der Waals surface area contributed by atoms with Gasteiger partial charge < -0.3 is 15.6 Å². The predicted molar refractivity (Wildman–Crippen MR) is 92.8 cm³/mol. The number of hydrogen-bond donors (Lipinski definition) is 2. The fourth-order valence-corrected chi connectivity index (χ4v) is 3.01. The summed E-state index contributed by atoms with van der Waals surface area (Å²) in [5, 5.41) is 1.20. The summed E-state index contributed by atoms with van der Waals surface area (Å²) in [5.74, 6) is 0.550. The maximum absolute atomic E-state index is 11.9. The molecular weight excluding hydrogens is 323 g/mol. The van der Waals surface area contributed by atoms with E-state index in [1.54, 1.807) is 13.1 Å². The molecule has 1 aliphatic heterocycles. The van der Waals surface area contributed by atoms with E-state index in [1.165, 1.54) is 10.9 Å². The standard InChI is InChI=1S/C15H20N4O.2ClH/c1-10(16)15(20)19-7-4-11(5-8-19)13-9-18-14-12(13)3-2-6-17-14;;/h2-3,6,9-11H,4-5,7-8,16H2,1H3,(H,17,18);2*1H/t10-;;/m1../s1.